The maximum Gasteiger partial charge on any atom is 0.148 e. The predicted molar refractivity (Wildman–Crippen MR) is 76.0 cm³/mol. The van der Waals surface area contributed by atoms with E-state index in [2.05, 4.69) is 36.3 Å². The third kappa shape index (κ3) is 5.00. The maximum atomic E-state index is 5.40. The fourth-order valence-electron chi connectivity index (χ4n) is 1.39. The Labute approximate surface area is 114 Å². The standard InChI is InChI=1S/C13H25N3OS/c1-12(2,3)14-9-7-8-10-15-16-11(18-10)13(4,5)17-6/h14H,7-9H2,1-6H3. The lowest BCUT2D eigenvalue weighted by atomic mass is 10.1. The Balaban J connectivity index is 2.41. The topological polar surface area (TPSA) is 47.0 Å². The van der Waals surface area contributed by atoms with Crippen LogP contribution < -0.4 is 5.32 Å². The molecule has 1 heterocycles. The summed E-state index contributed by atoms with van der Waals surface area (Å²) >= 11 is 1.65. The monoisotopic (exact) mass is 271 g/mol. The van der Waals surface area contributed by atoms with Gasteiger partial charge in [-0.25, -0.2) is 0 Å². The van der Waals surface area contributed by atoms with Gasteiger partial charge in [0.1, 0.15) is 15.6 Å². The highest BCUT2D eigenvalue weighted by atomic mass is 32.1. The first-order valence-electron chi connectivity index (χ1n) is 6.37. The molecule has 0 atom stereocenters. The van der Waals surface area contributed by atoms with Crippen LogP contribution in [0.1, 0.15) is 51.1 Å². The van der Waals surface area contributed by atoms with Crippen LogP contribution in [0.15, 0.2) is 0 Å². The molecule has 0 amide bonds. The molecule has 104 valence electrons. The Hall–Kier alpha value is -0.520. The molecule has 5 heteroatoms. The molecule has 18 heavy (non-hydrogen) atoms. The zero-order chi connectivity index (χ0) is 13.8. The molecule has 0 saturated carbocycles. The highest BCUT2D eigenvalue weighted by molar-refractivity contribution is 7.11. The van der Waals surface area contributed by atoms with Crippen molar-refractivity contribution in [2.75, 3.05) is 13.7 Å². The molecule has 1 aromatic rings. The van der Waals surface area contributed by atoms with Crippen molar-refractivity contribution in [3.63, 3.8) is 0 Å². The van der Waals surface area contributed by atoms with E-state index in [4.69, 9.17) is 4.74 Å². The molecule has 1 rings (SSSR count). The quantitative estimate of drug-likeness (QED) is 0.808. The van der Waals surface area contributed by atoms with E-state index in [0.717, 1.165) is 29.4 Å². The molecule has 1 N–H and O–H groups in total. The van der Waals surface area contributed by atoms with Gasteiger partial charge in [0, 0.05) is 19.1 Å². The van der Waals surface area contributed by atoms with Gasteiger partial charge in [-0.3, -0.25) is 0 Å². The zero-order valence-electron chi connectivity index (χ0n) is 12.3. The van der Waals surface area contributed by atoms with Crippen molar-refractivity contribution in [2.24, 2.45) is 0 Å². The molecular weight excluding hydrogens is 246 g/mol. The Kier molecular flexibility index (Phi) is 5.25. The average Bonchev–Trinajstić information content (AvgIpc) is 2.72. The van der Waals surface area contributed by atoms with Crippen LogP contribution in [0.5, 0.6) is 0 Å². The fourth-order valence-corrected chi connectivity index (χ4v) is 2.35. The van der Waals surface area contributed by atoms with Gasteiger partial charge in [-0.2, -0.15) is 0 Å². The van der Waals surface area contributed by atoms with Gasteiger partial charge in [-0.05, 0) is 47.6 Å². The van der Waals surface area contributed by atoms with Crippen LogP contribution in [0, 0.1) is 0 Å². The molecule has 0 bridgehead atoms. The van der Waals surface area contributed by atoms with Gasteiger partial charge in [0.05, 0.1) is 0 Å². The van der Waals surface area contributed by atoms with Crippen molar-refractivity contribution in [2.45, 2.75) is 58.6 Å². The minimum atomic E-state index is -0.334. The summed E-state index contributed by atoms with van der Waals surface area (Å²) in [7, 11) is 1.70. The molecule has 0 aromatic carbocycles. The van der Waals surface area contributed by atoms with Gasteiger partial charge in [0.15, 0.2) is 0 Å². The van der Waals surface area contributed by atoms with Crippen molar-refractivity contribution in [3.05, 3.63) is 10.0 Å². The molecule has 0 aliphatic rings. The Morgan fingerprint density at radius 2 is 1.83 bits per heavy atom. The van der Waals surface area contributed by atoms with Crippen molar-refractivity contribution >= 4 is 11.3 Å². The third-order valence-corrected chi connectivity index (χ3v) is 4.00. The van der Waals surface area contributed by atoms with Crippen molar-refractivity contribution < 1.29 is 4.74 Å². The molecule has 0 radical (unpaired) electrons. The molecule has 0 aliphatic heterocycles. The Bertz CT molecular complexity index is 369. The first-order valence-corrected chi connectivity index (χ1v) is 7.19. The van der Waals surface area contributed by atoms with Crippen LogP contribution in [-0.2, 0) is 16.8 Å². The molecule has 0 spiro atoms. The summed E-state index contributed by atoms with van der Waals surface area (Å²) in [6.45, 7) is 11.6. The Morgan fingerprint density at radius 3 is 2.39 bits per heavy atom. The number of ether oxygens (including phenoxy) is 1. The van der Waals surface area contributed by atoms with E-state index in [1.54, 1.807) is 18.4 Å². The summed E-state index contributed by atoms with van der Waals surface area (Å²) in [6, 6.07) is 0. The van der Waals surface area contributed by atoms with Gasteiger partial charge in [-0.1, -0.05) is 11.3 Å². The van der Waals surface area contributed by atoms with Crippen molar-refractivity contribution in [1.29, 1.82) is 0 Å². The second-order valence-corrected chi connectivity index (χ2v) is 7.06. The number of methoxy groups -OCH3 is 1. The molecule has 0 aliphatic carbocycles. The van der Waals surface area contributed by atoms with Gasteiger partial charge < -0.3 is 10.1 Å². The highest BCUT2D eigenvalue weighted by Crippen LogP contribution is 2.26. The van der Waals surface area contributed by atoms with Crippen LogP contribution in [-0.4, -0.2) is 29.4 Å². The van der Waals surface area contributed by atoms with Crippen LogP contribution in [0.4, 0.5) is 0 Å². The van der Waals surface area contributed by atoms with Gasteiger partial charge >= 0.3 is 0 Å². The van der Waals surface area contributed by atoms with Crippen LogP contribution in [0.25, 0.3) is 0 Å². The largest absolute Gasteiger partial charge is 0.372 e. The van der Waals surface area contributed by atoms with Crippen LogP contribution >= 0.6 is 11.3 Å². The summed E-state index contributed by atoms with van der Waals surface area (Å²) < 4.78 is 5.40. The van der Waals surface area contributed by atoms with E-state index < -0.39 is 0 Å². The SMILES string of the molecule is COC(C)(C)c1nnc(CCCNC(C)(C)C)s1. The van der Waals surface area contributed by atoms with Crippen LogP contribution in [0.3, 0.4) is 0 Å². The minimum absolute atomic E-state index is 0.185. The third-order valence-electron chi connectivity index (χ3n) is 2.71. The molecule has 0 unspecified atom stereocenters. The number of hydrogen-bond donors (Lipinski definition) is 1. The minimum Gasteiger partial charge on any atom is -0.372 e. The second-order valence-electron chi connectivity index (χ2n) is 6.00. The van der Waals surface area contributed by atoms with Crippen molar-refractivity contribution in [3.8, 4) is 0 Å². The number of aryl methyl sites for hydroxylation is 1. The summed E-state index contributed by atoms with van der Waals surface area (Å²) in [5.74, 6) is 0. The first-order chi connectivity index (χ1) is 8.24. The Morgan fingerprint density at radius 1 is 1.17 bits per heavy atom. The fraction of sp³-hybridized carbons (Fsp3) is 0.846. The van der Waals surface area contributed by atoms with E-state index in [-0.39, 0.29) is 11.1 Å². The highest BCUT2D eigenvalue weighted by Gasteiger charge is 2.24. The van der Waals surface area contributed by atoms with Gasteiger partial charge in [0.25, 0.3) is 0 Å². The average molecular weight is 271 g/mol. The lowest BCUT2D eigenvalue weighted by Crippen LogP contribution is -2.36. The first kappa shape index (κ1) is 15.5. The number of aromatic nitrogens is 2. The van der Waals surface area contributed by atoms with E-state index in [9.17, 15) is 0 Å². The summed E-state index contributed by atoms with van der Waals surface area (Å²) in [5.41, 5.74) is -0.149. The molecule has 1 aromatic heterocycles. The second kappa shape index (κ2) is 6.08. The lowest BCUT2D eigenvalue weighted by molar-refractivity contribution is 0.0185. The van der Waals surface area contributed by atoms with E-state index in [1.165, 1.54) is 0 Å². The molecular formula is C13H25N3OS. The number of nitrogens with zero attached hydrogens (tertiary/aromatic N) is 2. The normalized spacial score (nSPS) is 13.0. The number of hydrogen-bond acceptors (Lipinski definition) is 5. The predicted octanol–water partition coefficient (Wildman–Crippen LogP) is 2.74. The molecule has 0 fully saturated rings. The molecule has 4 nitrogen and oxygen atoms in total. The smallest absolute Gasteiger partial charge is 0.148 e. The summed E-state index contributed by atoms with van der Waals surface area (Å²) in [4.78, 5) is 0. The van der Waals surface area contributed by atoms with Crippen LogP contribution in [0.2, 0.25) is 0 Å². The maximum absolute atomic E-state index is 5.40. The van der Waals surface area contributed by atoms with E-state index >= 15 is 0 Å². The number of rotatable bonds is 6. The zero-order valence-corrected chi connectivity index (χ0v) is 13.1. The summed E-state index contributed by atoms with van der Waals surface area (Å²) in [5, 5.41) is 13.9. The molecule has 0 saturated heterocycles. The van der Waals surface area contributed by atoms with Gasteiger partial charge in [-0.15, -0.1) is 10.2 Å². The lowest BCUT2D eigenvalue weighted by Gasteiger charge is -2.20. The van der Waals surface area contributed by atoms with Crippen molar-refractivity contribution in [1.82, 2.24) is 15.5 Å². The summed E-state index contributed by atoms with van der Waals surface area (Å²) in [6.07, 6.45) is 2.06. The number of nitrogens with one attached hydrogen (secondary N) is 1. The van der Waals surface area contributed by atoms with E-state index in [0.29, 0.717) is 0 Å². The van der Waals surface area contributed by atoms with Gasteiger partial charge in [0.2, 0.25) is 0 Å². The van der Waals surface area contributed by atoms with E-state index in [1.807, 2.05) is 13.8 Å².